The first-order valence-corrected chi connectivity index (χ1v) is 7.29. The third-order valence-corrected chi connectivity index (χ3v) is 3.36. The number of aromatic nitrogens is 2. The molecule has 130 valence electrons. The molecule has 0 bridgehead atoms. The second kappa shape index (κ2) is 7.21. The topological polar surface area (TPSA) is 138 Å². The van der Waals surface area contributed by atoms with Crippen LogP contribution in [-0.2, 0) is 0 Å². The monoisotopic (exact) mass is 353 g/mol. The molecule has 0 atom stereocenters. The fourth-order valence-electron chi connectivity index (χ4n) is 2.14. The van der Waals surface area contributed by atoms with Crippen LogP contribution in [0.25, 0.3) is 11.3 Å². The largest absolute Gasteiger partial charge is 0.359 e. The van der Waals surface area contributed by atoms with Crippen LogP contribution in [0.4, 0.5) is 5.69 Å². The summed E-state index contributed by atoms with van der Waals surface area (Å²) in [5.41, 5.74) is 2.92. The fourth-order valence-corrected chi connectivity index (χ4v) is 2.14. The number of hydrazone groups is 1. The highest BCUT2D eigenvalue weighted by atomic mass is 16.8. The Bertz CT molecular complexity index is 984. The number of rotatable bonds is 5. The average Bonchev–Trinajstić information content (AvgIpc) is 3.03. The molecule has 0 aliphatic heterocycles. The van der Waals surface area contributed by atoms with E-state index in [9.17, 15) is 20.1 Å². The van der Waals surface area contributed by atoms with Gasteiger partial charge in [-0.05, 0) is 11.0 Å². The normalized spacial score (nSPS) is 10.8. The van der Waals surface area contributed by atoms with Gasteiger partial charge in [0.05, 0.1) is 4.92 Å². The van der Waals surface area contributed by atoms with Gasteiger partial charge in [0, 0.05) is 28.4 Å². The maximum atomic E-state index is 12.0. The smallest absolute Gasteiger partial charge is 0.271 e. The van der Waals surface area contributed by atoms with Crippen LogP contribution in [0.15, 0.2) is 64.3 Å². The fraction of sp³-hybridized carbons (Fsp3) is 0. The third-order valence-electron chi connectivity index (χ3n) is 3.36. The molecule has 0 saturated carbocycles. The molecule has 0 aliphatic rings. The molecule has 10 nitrogen and oxygen atoms in total. The lowest BCUT2D eigenvalue weighted by Crippen LogP contribution is -2.28. The minimum Gasteiger partial charge on any atom is -0.359 e. The van der Waals surface area contributed by atoms with Gasteiger partial charge in [-0.3, -0.25) is 19.5 Å². The van der Waals surface area contributed by atoms with Gasteiger partial charge in [-0.25, -0.2) is 5.43 Å². The molecule has 0 saturated heterocycles. The van der Waals surface area contributed by atoms with Crippen LogP contribution in [0.5, 0.6) is 0 Å². The highest BCUT2D eigenvalue weighted by molar-refractivity contribution is 5.95. The maximum Gasteiger partial charge on any atom is 0.271 e. The van der Waals surface area contributed by atoms with Gasteiger partial charge in [-0.15, -0.1) is 0 Å². The summed E-state index contributed by atoms with van der Waals surface area (Å²) in [6.45, 7) is 0. The van der Waals surface area contributed by atoms with Crippen LogP contribution in [0.3, 0.4) is 0 Å². The molecule has 0 aliphatic carbocycles. The van der Waals surface area contributed by atoms with E-state index in [1.54, 1.807) is 24.3 Å². The number of benzene rings is 2. The predicted octanol–water partition coefficient (Wildman–Crippen LogP) is 1.65. The first-order valence-electron chi connectivity index (χ1n) is 7.29. The van der Waals surface area contributed by atoms with Crippen molar-refractivity contribution in [1.82, 2.24) is 10.6 Å². The van der Waals surface area contributed by atoms with Gasteiger partial charge in [-0.2, -0.15) is 5.10 Å². The number of carbonyl (C=O) groups is 1. The number of carbonyl (C=O) groups excluding carboxylic acids is 1. The summed E-state index contributed by atoms with van der Waals surface area (Å²) in [6, 6.07) is 14.0. The van der Waals surface area contributed by atoms with Crippen molar-refractivity contribution in [3.63, 3.8) is 0 Å². The number of nitro groups is 1. The molecule has 1 aromatic heterocycles. The Labute approximate surface area is 146 Å². The van der Waals surface area contributed by atoms with E-state index in [1.807, 2.05) is 6.07 Å². The number of nitrogens with zero attached hydrogens (tertiary/aromatic N) is 4. The summed E-state index contributed by atoms with van der Waals surface area (Å²) in [6.07, 6.45) is 1.08. The van der Waals surface area contributed by atoms with Crippen LogP contribution >= 0.6 is 0 Å². The van der Waals surface area contributed by atoms with Crippen LogP contribution in [0.1, 0.15) is 16.1 Å². The molecule has 10 heteroatoms. The Morgan fingerprint density at radius 1 is 1.23 bits per heavy atom. The van der Waals surface area contributed by atoms with Gasteiger partial charge in [0.15, 0.2) is 0 Å². The van der Waals surface area contributed by atoms with Gasteiger partial charge in [0.25, 0.3) is 17.3 Å². The zero-order chi connectivity index (χ0) is 18.5. The molecule has 0 fully saturated rings. The average molecular weight is 353 g/mol. The molecule has 0 spiro atoms. The van der Waals surface area contributed by atoms with Crippen molar-refractivity contribution in [2.45, 2.75) is 0 Å². The van der Waals surface area contributed by atoms with E-state index in [0.717, 1.165) is 12.3 Å². The van der Waals surface area contributed by atoms with Crippen molar-refractivity contribution in [1.29, 1.82) is 0 Å². The molecule has 0 radical (unpaired) electrons. The van der Waals surface area contributed by atoms with E-state index in [4.69, 9.17) is 0 Å². The summed E-state index contributed by atoms with van der Waals surface area (Å²) in [5.74, 6) is -0.667. The summed E-state index contributed by atoms with van der Waals surface area (Å²) in [7, 11) is 0. The predicted molar refractivity (Wildman–Crippen MR) is 89.1 cm³/mol. The number of hydrogen-bond acceptors (Lipinski definition) is 7. The number of non-ortho nitro benzene ring substituents is 1. The highest BCUT2D eigenvalue weighted by Gasteiger charge is 2.19. The van der Waals surface area contributed by atoms with Crippen molar-refractivity contribution in [2.75, 3.05) is 0 Å². The number of amides is 1. The van der Waals surface area contributed by atoms with E-state index < -0.39 is 10.8 Å². The summed E-state index contributed by atoms with van der Waals surface area (Å²) in [4.78, 5) is 22.3. The minimum atomic E-state index is -0.667. The molecule has 26 heavy (non-hydrogen) atoms. The number of nitro benzene ring substituents is 1. The molecule has 1 heterocycles. The van der Waals surface area contributed by atoms with E-state index in [0.29, 0.717) is 5.56 Å². The number of hydrogen-bond donors (Lipinski definition) is 1. The van der Waals surface area contributed by atoms with Crippen LogP contribution in [0, 0.1) is 15.3 Å². The Hall–Kier alpha value is -4.08. The first-order chi connectivity index (χ1) is 12.6. The van der Waals surface area contributed by atoms with Crippen molar-refractivity contribution in [3.05, 3.63) is 81.2 Å². The van der Waals surface area contributed by atoms with Gasteiger partial charge >= 0.3 is 0 Å². The van der Waals surface area contributed by atoms with Gasteiger partial charge in [-0.1, -0.05) is 36.4 Å². The Kier molecular flexibility index (Phi) is 4.65. The van der Waals surface area contributed by atoms with Crippen molar-refractivity contribution >= 4 is 17.8 Å². The maximum absolute atomic E-state index is 12.0. The Morgan fingerprint density at radius 2 is 2.00 bits per heavy atom. The third kappa shape index (κ3) is 3.53. The van der Waals surface area contributed by atoms with E-state index in [-0.39, 0.29) is 27.5 Å². The standard InChI is InChI=1S/C16H11N5O5/c22-16(12-7-4-8-13(9-12)20(23)24)18-17-10-14-15(19-26-21(14)25)11-5-2-1-3-6-11/h1-10H,(H,18,22)/b17-10+. The zero-order valence-electron chi connectivity index (χ0n) is 13.1. The summed E-state index contributed by atoms with van der Waals surface area (Å²) in [5, 5.41) is 29.8. The molecular formula is C16H11N5O5. The summed E-state index contributed by atoms with van der Waals surface area (Å²) < 4.78 is 4.57. The van der Waals surface area contributed by atoms with Crippen LogP contribution < -0.4 is 10.3 Å². The lowest BCUT2D eigenvalue weighted by atomic mass is 10.1. The zero-order valence-corrected chi connectivity index (χ0v) is 13.1. The second-order valence-corrected chi connectivity index (χ2v) is 5.04. The Balaban J connectivity index is 1.77. The highest BCUT2D eigenvalue weighted by Crippen LogP contribution is 2.17. The van der Waals surface area contributed by atoms with Crippen molar-refractivity contribution < 1.29 is 19.2 Å². The Morgan fingerprint density at radius 3 is 2.73 bits per heavy atom. The van der Waals surface area contributed by atoms with Crippen LogP contribution in [-0.4, -0.2) is 22.2 Å². The van der Waals surface area contributed by atoms with E-state index in [2.05, 4.69) is 20.3 Å². The molecule has 0 unspecified atom stereocenters. The van der Waals surface area contributed by atoms with Crippen molar-refractivity contribution in [2.24, 2.45) is 5.10 Å². The lowest BCUT2D eigenvalue weighted by molar-refractivity contribution is -0.803. The minimum absolute atomic E-state index is 0.00413. The lowest BCUT2D eigenvalue weighted by Gasteiger charge is -1.99. The quantitative estimate of drug-likeness (QED) is 0.320. The molecule has 1 N–H and O–H groups in total. The second-order valence-electron chi connectivity index (χ2n) is 5.04. The van der Waals surface area contributed by atoms with E-state index >= 15 is 0 Å². The van der Waals surface area contributed by atoms with Crippen LogP contribution in [0.2, 0.25) is 0 Å². The van der Waals surface area contributed by atoms with Gasteiger partial charge < -0.3 is 5.21 Å². The van der Waals surface area contributed by atoms with E-state index in [1.165, 1.54) is 18.2 Å². The molecule has 2 aromatic carbocycles. The first kappa shape index (κ1) is 16.8. The molecule has 1 amide bonds. The van der Waals surface area contributed by atoms with Gasteiger partial charge in [0.1, 0.15) is 6.21 Å². The number of nitrogens with one attached hydrogen (secondary N) is 1. The molecule has 3 aromatic rings. The molecule has 3 rings (SSSR count). The van der Waals surface area contributed by atoms with Gasteiger partial charge in [0.2, 0.25) is 5.69 Å². The summed E-state index contributed by atoms with van der Waals surface area (Å²) >= 11 is 0. The van der Waals surface area contributed by atoms with Crippen molar-refractivity contribution in [3.8, 4) is 11.3 Å². The SMILES string of the molecule is O=C(N/N=C/c1c(-c2ccccc2)no[n+]1[O-])c1cccc([N+](=O)[O-])c1. The molecular weight excluding hydrogens is 342 g/mol.